The highest BCUT2D eigenvalue weighted by Gasteiger charge is 2.27. The third-order valence-electron chi connectivity index (χ3n) is 6.57. The van der Waals surface area contributed by atoms with Gasteiger partial charge in [0.15, 0.2) is 5.82 Å². The van der Waals surface area contributed by atoms with Crippen molar-refractivity contribution >= 4 is 10.9 Å². The number of nitrogens with one attached hydrogen (secondary N) is 1. The fraction of sp³-hybridized carbons (Fsp3) is 0.286. The maximum Gasteiger partial charge on any atom is 0.252 e. The lowest BCUT2D eigenvalue weighted by molar-refractivity contribution is 0.149. The molecule has 0 unspecified atom stereocenters. The topological polar surface area (TPSA) is 102 Å². The van der Waals surface area contributed by atoms with Gasteiger partial charge in [0, 0.05) is 17.6 Å². The number of ether oxygens (including phenoxy) is 1. The van der Waals surface area contributed by atoms with Crippen LogP contribution in [0.1, 0.15) is 47.7 Å². The van der Waals surface area contributed by atoms with Gasteiger partial charge in [0.1, 0.15) is 11.5 Å². The number of benzene rings is 2. The molecule has 5 rings (SSSR count). The van der Waals surface area contributed by atoms with E-state index in [1.54, 1.807) is 13.4 Å². The number of pyridine rings is 1. The van der Waals surface area contributed by atoms with E-state index in [0.717, 1.165) is 45.8 Å². The van der Waals surface area contributed by atoms with E-state index in [4.69, 9.17) is 9.15 Å². The molecule has 0 saturated carbocycles. The number of aromatic amines is 1. The van der Waals surface area contributed by atoms with E-state index in [0.29, 0.717) is 25.2 Å². The zero-order valence-corrected chi connectivity index (χ0v) is 21.2. The number of hydrogen-bond donors (Lipinski definition) is 1. The summed E-state index contributed by atoms with van der Waals surface area (Å²) in [7, 11) is 1.65. The summed E-state index contributed by atoms with van der Waals surface area (Å²) in [5, 5.41) is 13.7. The Morgan fingerprint density at radius 2 is 1.95 bits per heavy atom. The molecule has 37 heavy (non-hydrogen) atoms. The molecule has 0 fully saturated rings. The smallest absolute Gasteiger partial charge is 0.252 e. The van der Waals surface area contributed by atoms with Crippen molar-refractivity contribution in [1.82, 2.24) is 30.1 Å². The van der Waals surface area contributed by atoms with Crippen molar-refractivity contribution in [3.8, 4) is 5.75 Å². The number of fused-ring (bicyclic) bond motifs is 1. The Kier molecular flexibility index (Phi) is 7.14. The van der Waals surface area contributed by atoms with Gasteiger partial charge in [-0.15, -0.1) is 5.10 Å². The van der Waals surface area contributed by atoms with Crippen LogP contribution >= 0.6 is 0 Å². The molecule has 190 valence electrons. The first-order chi connectivity index (χ1) is 18.0. The first kappa shape index (κ1) is 24.5. The van der Waals surface area contributed by atoms with Crippen molar-refractivity contribution in [2.24, 2.45) is 0 Å². The number of aromatic nitrogens is 5. The Balaban J connectivity index is 1.48. The van der Waals surface area contributed by atoms with Crippen LogP contribution in [0, 0.1) is 6.92 Å². The van der Waals surface area contributed by atoms with E-state index < -0.39 is 0 Å². The highest BCUT2D eigenvalue weighted by molar-refractivity contribution is 5.79. The number of rotatable bonds is 10. The monoisotopic (exact) mass is 498 g/mol. The van der Waals surface area contributed by atoms with Crippen LogP contribution in [-0.2, 0) is 19.6 Å². The molecule has 0 radical (unpaired) electrons. The number of aryl methyl sites for hydroxylation is 1. The molecular weight excluding hydrogens is 468 g/mol. The van der Waals surface area contributed by atoms with Gasteiger partial charge in [-0.2, -0.15) is 0 Å². The van der Waals surface area contributed by atoms with Crippen LogP contribution in [0.4, 0.5) is 0 Å². The van der Waals surface area contributed by atoms with Crippen molar-refractivity contribution in [2.75, 3.05) is 7.11 Å². The van der Waals surface area contributed by atoms with E-state index in [9.17, 15) is 4.79 Å². The molecule has 1 atom stereocenters. The van der Waals surface area contributed by atoms with Crippen LogP contribution in [0.25, 0.3) is 10.9 Å². The molecule has 3 aromatic heterocycles. The molecule has 1 N–H and O–H groups in total. The van der Waals surface area contributed by atoms with Crippen molar-refractivity contribution < 1.29 is 9.15 Å². The fourth-order valence-electron chi connectivity index (χ4n) is 4.66. The second-order valence-corrected chi connectivity index (χ2v) is 9.17. The molecule has 9 heteroatoms. The predicted octanol–water partition coefficient (Wildman–Crippen LogP) is 4.63. The van der Waals surface area contributed by atoms with Gasteiger partial charge in [-0.3, -0.25) is 9.69 Å². The average Bonchev–Trinajstić information content (AvgIpc) is 3.58. The van der Waals surface area contributed by atoms with Crippen LogP contribution < -0.4 is 10.3 Å². The van der Waals surface area contributed by atoms with E-state index in [1.165, 1.54) is 0 Å². The highest BCUT2D eigenvalue weighted by Crippen LogP contribution is 2.27. The summed E-state index contributed by atoms with van der Waals surface area (Å²) in [6, 6.07) is 19.5. The van der Waals surface area contributed by atoms with Gasteiger partial charge in [-0.05, 0) is 77.2 Å². The number of hydrogen-bond acceptors (Lipinski definition) is 7. The third-order valence-corrected chi connectivity index (χ3v) is 6.57. The first-order valence-electron chi connectivity index (χ1n) is 12.3. The molecule has 0 spiro atoms. The molecule has 9 nitrogen and oxygen atoms in total. The van der Waals surface area contributed by atoms with E-state index in [-0.39, 0.29) is 11.6 Å². The van der Waals surface area contributed by atoms with Crippen LogP contribution in [0.15, 0.2) is 76.1 Å². The fourth-order valence-corrected chi connectivity index (χ4v) is 4.66. The minimum Gasteiger partial charge on any atom is -0.497 e. The van der Waals surface area contributed by atoms with Crippen molar-refractivity contribution in [3.05, 3.63) is 106 Å². The molecule has 3 heterocycles. The van der Waals surface area contributed by atoms with Crippen molar-refractivity contribution in [1.29, 1.82) is 0 Å². The Labute approximate surface area is 214 Å². The normalized spacial score (nSPS) is 12.3. The maximum atomic E-state index is 13.1. The second kappa shape index (κ2) is 10.8. The summed E-state index contributed by atoms with van der Waals surface area (Å²) in [6.45, 7) is 5.58. The standard InChI is InChI=1S/C28H30N6O3/c1-4-26(27-30-31-32-34(27)16-20-8-10-23(36-3)11-9-20)33(18-24-6-5-13-37-24)17-22-15-21-14-19(2)7-12-25(21)29-28(22)35/h5-15,26H,4,16-18H2,1-3H3,(H,29,35)/t26-/m0/s1. The summed E-state index contributed by atoms with van der Waals surface area (Å²) in [5.41, 5.74) is 3.60. The Morgan fingerprint density at radius 1 is 1.11 bits per heavy atom. The lowest BCUT2D eigenvalue weighted by Gasteiger charge is -2.29. The highest BCUT2D eigenvalue weighted by atomic mass is 16.5. The van der Waals surface area contributed by atoms with Crippen LogP contribution in [-0.4, -0.2) is 37.2 Å². The zero-order valence-electron chi connectivity index (χ0n) is 21.2. The van der Waals surface area contributed by atoms with Gasteiger partial charge < -0.3 is 14.1 Å². The third kappa shape index (κ3) is 5.46. The maximum absolute atomic E-state index is 13.1. The Morgan fingerprint density at radius 3 is 2.68 bits per heavy atom. The molecule has 0 aliphatic carbocycles. The van der Waals surface area contributed by atoms with E-state index in [1.807, 2.05) is 66.2 Å². The minimum absolute atomic E-state index is 0.103. The van der Waals surface area contributed by atoms with E-state index >= 15 is 0 Å². The summed E-state index contributed by atoms with van der Waals surface area (Å²) >= 11 is 0. The number of methoxy groups -OCH3 is 1. The SMILES string of the molecule is CC[C@@H](c1nnnn1Cc1ccc(OC)cc1)N(Cc1ccco1)Cc1cc2cc(C)ccc2[nH]c1=O. The summed E-state index contributed by atoms with van der Waals surface area (Å²) in [4.78, 5) is 18.3. The number of H-pyrrole nitrogens is 1. The lowest BCUT2D eigenvalue weighted by atomic mass is 10.1. The molecule has 0 aliphatic heterocycles. The quantitative estimate of drug-likeness (QED) is 0.300. The summed E-state index contributed by atoms with van der Waals surface area (Å²) in [6.07, 6.45) is 2.40. The molecule has 5 aromatic rings. The molecule has 2 aromatic carbocycles. The molecule has 0 amide bonds. The van der Waals surface area contributed by atoms with Crippen LogP contribution in [0.5, 0.6) is 5.75 Å². The Hall–Kier alpha value is -4.24. The molecule has 0 aliphatic rings. The van der Waals surface area contributed by atoms with Crippen LogP contribution in [0.2, 0.25) is 0 Å². The van der Waals surface area contributed by atoms with E-state index in [2.05, 4.69) is 38.4 Å². The first-order valence-corrected chi connectivity index (χ1v) is 12.3. The van der Waals surface area contributed by atoms with Gasteiger partial charge in [0.2, 0.25) is 0 Å². The summed E-state index contributed by atoms with van der Waals surface area (Å²) < 4.78 is 12.8. The van der Waals surface area contributed by atoms with Gasteiger partial charge >= 0.3 is 0 Å². The van der Waals surface area contributed by atoms with Crippen molar-refractivity contribution in [3.63, 3.8) is 0 Å². The molecule has 0 bridgehead atoms. The van der Waals surface area contributed by atoms with Gasteiger partial charge in [-0.1, -0.05) is 30.7 Å². The largest absolute Gasteiger partial charge is 0.497 e. The lowest BCUT2D eigenvalue weighted by Crippen LogP contribution is -2.32. The zero-order chi connectivity index (χ0) is 25.8. The number of furan rings is 1. The second-order valence-electron chi connectivity index (χ2n) is 9.17. The summed E-state index contributed by atoms with van der Waals surface area (Å²) in [5.74, 6) is 2.34. The molecular formula is C28H30N6O3. The Bertz CT molecular complexity index is 1520. The van der Waals surface area contributed by atoms with Gasteiger partial charge in [-0.25, -0.2) is 4.68 Å². The molecule has 0 saturated heterocycles. The average molecular weight is 499 g/mol. The van der Waals surface area contributed by atoms with Gasteiger partial charge in [0.05, 0.1) is 32.5 Å². The van der Waals surface area contributed by atoms with Crippen molar-refractivity contribution in [2.45, 2.75) is 45.9 Å². The minimum atomic E-state index is -0.147. The number of nitrogens with zero attached hydrogens (tertiary/aromatic N) is 5. The van der Waals surface area contributed by atoms with Crippen LogP contribution in [0.3, 0.4) is 0 Å². The van der Waals surface area contributed by atoms with Gasteiger partial charge in [0.25, 0.3) is 5.56 Å². The predicted molar refractivity (Wildman–Crippen MR) is 140 cm³/mol. The number of tetrazole rings is 1.